The molecule has 2 heterocycles. The fraction of sp³-hybridized carbons (Fsp3) is 0.176. The van der Waals surface area contributed by atoms with Crippen LogP contribution in [0.1, 0.15) is 18.4 Å². The lowest BCUT2D eigenvalue weighted by atomic mass is 10.3. The number of likely N-dealkylation sites (N-methyl/N-ethyl adjacent to an activating group) is 1. The van der Waals surface area contributed by atoms with Gasteiger partial charge in [0, 0.05) is 12.6 Å². The van der Waals surface area contributed by atoms with Gasteiger partial charge in [0.25, 0.3) is 5.91 Å². The molecule has 1 fully saturated rings. The summed E-state index contributed by atoms with van der Waals surface area (Å²) in [5.74, 6) is 1.56. The summed E-state index contributed by atoms with van der Waals surface area (Å²) in [5.41, 5.74) is 0.687. The molecule has 1 amide bonds. The Balaban J connectivity index is 1.91. The first-order valence-corrected chi connectivity index (χ1v) is 8.04. The van der Waals surface area contributed by atoms with Crippen molar-refractivity contribution >= 4 is 34.6 Å². The van der Waals surface area contributed by atoms with E-state index in [1.54, 1.807) is 35.2 Å². The van der Waals surface area contributed by atoms with Crippen LogP contribution in [0.25, 0.3) is 6.08 Å². The number of hydrogen-bond donors (Lipinski definition) is 1. The van der Waals surface area contributed by atoms with Crippen LogP contribution in [0.15, 0.2) is 50.7 Å². The number of aryl methyl sites for hydroxylation is 1. The molecular weight excluding hydrogens is 312 g/mol. The molecule has 1 aliphatic rings. The lowest BCUT2D eigenvalue weighted by molar-refractivity contribution is -0.122. The van der Waals surface area contributed by atoms with Gasteiger partial charge in [-0.25, -0.2) is 4.99 Å². The number of aromatic hydroxyl groups is 1. The molecule has 6 heteroatoms. The predicted octanol–water partition coefficient (Wildman–Crippen LogP) is 3.92. The largest absolute Gasteiger partial charge is 0.508 e. The monoisotopic (exact) mass is 328 g/mol. The SMILES string of the molecule is CCN1C(=O)/C(=C/c2ccc(C)o2)SC1=Nc1ccc(O)cc1. The van der Waals surface area contributed by atoms with Crippen LogP contribution in [-0.2, 0) is 4.79 Å². The molecule has 1 aliphatic heterocycles. The standard InChI is InChI=1S/C17H16N2O3S/c1-3-19-16(21)15(10-14-9-4-11(2)22-14)23-17(19)18-12-5-7-13(20)8-6-12/h4-10,20H,3H2,1-2H3/b15-10-,18-17?. The Morgan fingerprint density at radius 2 is 2.00 bits per heavy atom. The van der Waals surface area contributed by atoms with E-state index < -0.39 is 0 Å². The number of rotatable bonds is 3. The zero-order valence-corrected chi connectivity index (χ0v) is 13.6. The average molecular weight is 328 g/mol. The molecule has 1 aromatic carbocycles. The number of amides is 1. The molecule has 0 atom stereocenters. The number of phenolic OH excluding ortho intramolecular Hbond substituents is 1. The Bertz CT molecular complexity index is 790. The van der Waals surface area contributed by atoms with Gasteiger partial charge in [0.05, 0.1) is 10.6 Å². The molecule has 2 aromatic rings. The zero-order valence-electron chi connectivity index (χ0n) is 12.8. The van der Waals surface area contributed by atoms with Crippen LogP contribution in [0.2, 0.25) is 0 Å². The van der Waals surface area contributed by atoms with Gasteiger partial charge in [-0.3, -0.25) is 9.69 Å². The summed E-state index contributed by atoms with van der Waals surface area (Å²) in [5, 5.41) is 9.95. The third kappa shape index (κ3) is 3.32. The fourth-order valence-electron chi connectivity index (χ4n) is 2.17. The maximum absolute atomic E-state index is 12.5. The van der Waals surface area contributed by atoms with E-state index in [-0.39, 0.29) is 11.7 Å². The number of phenols is 1. The lowest BCUT2D eigenvalue weighted by Gasteiger charge is -2.11. The predicted molar refractivity (Wildman–Crippen MR) is 91.6 cm³/mol. The second kappa shape index (κ2) is 6.34. The molecule has 0 unspecified atom stereocenters. The molecule has 1 N–H and O–H groups in total. The summed E-state index contributed by atoms with van der Waals surface area (Å²) in [6.07, 6.45) is 1.74. The smallest absolute Gasteiger partial charge is 0.266 e. The molecule has 3 rings (SSSR count). The van der Waals surface area contributed by atoms with Crippen molar-refractivity contribution in [3.8, 4) is 5.75 Å². The fourth-order valence-corrected chi connectivity index (χ4v) is 3.21. The molecule has 1 aromatic heterocycles. The van der Waals surface area contributed by atoms with E-state index in [1.165, 1.54) is 11.8 Å². The molecule has 23 heavy (non-hydrogen) atoms. The Morgan fingerprint density at radius 3 is 2.61 bits per heavy atom. The minimum atomic E-state index is -0.0796. The van der Waals surface area contributed by atoms with Crippen molar-refractivity contribution in [2.75, 3.05) is 6.54 Å². The van der Waals surface area contributed by atoms with Crippen molar-refractivity contribution in [2.24, 2.45) is 4.99 Å². The maximum Gasteiger partial charge on any atom is 0.266 e. The van der Waals surface area contributed by atoms with E-state index in [2.05, 4.69) is 4.99 Å². The van der Waals surface area contributed by atoms with Crippen molar-refractivity contribution in [1.82, 2.24) is 4.90 Å². The Morgan fingerprint density at radius 1 is 1.26 bits per heavy atom. The number of carbonyl (C=O) groups excluding carboxylic acids is 1. The second-order valence-corrected chi connectivity index (χ2v) is 6.03. The van der Waals surface area contributed by atoms with E-state index in [4.69, 9.17) is 4.42 Å². The number of aliphatic imine (C=N–C) groups is 1. The summed E-state index contributed by atoms with van der Waals surface area (Å²) < 4.78 is 5.50. The molecule has 5 nitrogen and oxygen atoms in total. The Kier molecular flexibility index (Phi) is 4.25. The van der Waals surface area contributed by atoms with Gasteiger partial charge < -0.3 is 9.52 Å². The minimum Gasteiger partial charge on any atom is -0.508 e. The van der Waals surface area contributed by atoms with Crippen LogP contribution in [0.3, 0.4) is 0 Å². The van der Waals surface area contributed by atoms with Crippen LogP contribution in [0.4, 0.5) is 5.69 Å². The summed E-state index contributed by atoms with van der Waals surface area (Å²) in [6, 6.07) is 10.2. The van der Waals surface area contributed by atoms with Crippen LogP contribution < -0.4 is 0 Å². The average Bonchev–Trinajstić information content (AvgIpc) is 3.06. The van der Waals surface area contributed by atoms with Gasteiger partial charge in [-0.1, -0.05) is 0 Å². The van der Waals surface area contributed by atoms with Gasteiger partial charge in [-0.05, 0) is 62.0 Å². The van der Waals surface area contributed by atoms with Gasteiger partial charge in [-0.2, -0.15) is 0 Å². The van der Waals surface area contributed by atoms with Crippen molar-refractivity contribution in [3.63, 3.8) is 0 Å². The van der Waals surface area contributed by atoms with Crippen molar-refractivity contribution in [1.29, 1.82) is 0 Å². The van der Waals surface area contributed by atoms with Crippen molar-refractivity contribution in [2.45, 2.75) is 13.8 Å². The van der Waals surface area contributed by atoms with E-state index in [0.717, 1.165) is 5.76 Å². The van der Waals surface area contributed by atoms with Gasteiger partial charge >= 0.3 is 0 Å². The first kappa shape index (κ1) is 15.4. The molecule has 0 bridgehead atoms. The van der Waals surface area contributed by atoms with E-state index in [0.29, 0.717) is 28.1 Å². The molecular formula is C17H16N2O3S. The molecule has 0 aliphatic carbocycles. The highest BCUT2D eigenvalue weighted by atomic mass is 32.2. The second-order valence-electron chi connectivity index (χ2n) is 5.02. The molecule has 118 valence electrons. The number of furan rings is 1. The molecule has 0 radical (unpaired) electrons. The number of hydrogen-bond acceptors (Lipinski definition) is 5. The minimum absolute atomic E-state index is 0.0796. The summed E-state index contributed by atoms with van der Waals surface area (Å²) in [7, 11) is 0. The third-order valence-corrected chi connectivity index (χ3v) is 4.32. The Labute approximate surface area is 138 Å². The van der Waals surface area contributed by atoms with Crippen LogP contribution >= 0.6 is 11.8 Å². The van der Waals surface area contributed by atoms with Gasteiger partial charge in [0.2, 0.25) is 0 Å². The van der Waals surface area contributed by atoms with Crippen molar-refractivity contribution < 1.29 is 14.3 Å². The first-order chi connectivity index (χ1) is 11.1. The number of carbonyl (C=O) groups is 1. The third-order valence-electron chi connectivity index (χ3n) is 3.31. The quantitative estimate of drug-likeness (QED) is 0.867. The summed E-state index contributed by atoms with van der Waals surface area (Å²) in [4.78, 5) is 19.2. The van der Waals surface area contributed by atoms with E-state index >= 15 is 0 Å². The van der Waals surface area contributed by atoms with E-state index in [9.17, 15) is 9.90 Å². The number of amidine groups is 1. The summed E-state index contributed by atoms with van der Waals surface area (Å²) >= 11 is 1.32. The van der Waals surface area contributed by atoms with Crippen LogP contribution in [-0.4, -0.2) is 27.6 Å². The zero-order chi connectivity index (χ0) is 16.4. The number of benzene rings is 1. The molecule has 0 saturated carbocycles. The number of thioether (sulfide) groups is 1. The topological polar surface area (TPSA) is 66.0 Å². The normalized spacial score (nSPS) is 18.3. The number of nitrogens with zero attached hydrogens (tertiary/aromatic N) is 2. The Hall–Kier alpha value is -2.47. The highest BCUT2D eigenvalue weighted by Gasteiger charge is 2.32. The van der Waals surface area contributed by atoms with Crippen molar-refractivity contribution in [3.05, 3.63) is 52.8 Å². The highest BCUT2D eigenvalue weighted by molar-refractivity contribution is 8.18. The molecule has 1 saturated heterocycles. The van der Waals surface area contributed by atoms with Crippen LogP contribution in [0, 0.1) is 6.92 Å². The van der Waals surface area contributed by atoms with Gasteiger partial charge in [0.1, 0.15) is 17.3 Å². The molecule has 0 spiro atoms. The lowest BCUT2D eigenvalue weighted by Crippen LogP contribution is -2.28. The van der Waals surface area contributed by atoms with Gasteiger partial charge in [0.15, 0.2) is 5.17 Å². The van der Waals surface area contributed by atoms with Gasteiger partial charge in [-0.15, -0.1) is 0 Å². The van der Waals surface area contributed by atoms with E-state index in [1.807, 2.05) is 26.0 Å². The summed E-state index contributed by atoms with van der Waals surface area (Å²) in [6.45, 7) is 4.31. The van der Waals surface area contributed by atoms with Crippen LogP contribution in [0.5, 0.6) is 5.75 Å². The maximum atomic E-state index is 12.5. The highest BCUT2D eigenvalue weighted by Crippen LogP contribution is 2.34. The first-order valence-electron chi connectivity index (χ1n) is 7.22.